The normalized spacial score (nSPS) is 48.3. The minimum atomic E-state index is 0.357. The summed E-state index contributed by atoms with van der Waals surface area (Å²) < 4.78 is 5.90. The molecule has 0 aromatic carbocycles. The third-order valence-electron chi connectivity index (χ3n) is 5.53. The zero-order valence-electron chi connectivity index (χ0n) is 12.3. The number of ether oxygens (including phenoxy) is 1. The molecule has 0 radical (unpaired) electrons. The highest BCUT2D eigenvalue weighted by Crippen LogP contribution is 2.43. The summed E-state index contributed by atoms with van der Waals surface area (Å²) in [5.41, 5.74) is 0.357. The van der Waals surface area contributed by atoms with E-state index in [-0.39, 0.29) is 0 Å². The molecule has 4 atom stereocenters. The Bertz CT molecular complexity index is 308. The molecule has 0 spiro atoms. The Labute approximate surface area is 111 Å². The first-order chi connectivity index (χ1) is 8.48. The van der Waals surface area contributed by atoms with E-state index in [0.717, 1.165) is 17.9 Å². The molecule has 4 unspecified atom stereocenters. The average Bonchev–Trinajstić information content (AvgIpc) is 2.80. The largest absolute Gasteiger partial charge is 0.375 e. The van der Waals surface area contributed by atoms with Crippen LogP contribution in [0.15, 0.2) is 0 Å². The van der Waals surface area contributed by atoms with Crippen molar-refractivity contribution in [2.75, 3.05) is 19.6 Å². The molecule has 3 aliphatic heterocycles. The van der Waals surface area contributed by atoms with Crippen LogP contribution in [0.1, 0.15) is 40.5 Å². The molecule has 3 heteroatoms. The number of likely N-dealkylation sites (tertiary alicyclic amines) is 1. The summed E-state index contributed by atoms with van der Waals surface area (Å²) in [4.78, 5) is 2.80. The Hall–Kier alpha value is -0.120. The van der Waals surface area contributed by atoms with E-state index in [1.165, 1.54) is 32.5 Å². The van der Waals surface area contributed by atoms with Gasteiger partial charge in [-0.25, -0.2) is 0 Å². The molecular formula is C15H28N2O. The number of rotatable bonds is 1. The quantitative estimate of drug-likeness (QED) is 0.771. The van der Waals surface area contributed by atoms with E-state index in [1.54, 1.807) is 0 Å². The molecule has 0 aromatic heterocycles. The predicted octanol–water partition coefficient (Wildman–Crippen LogP) is 1.87. The highest BCUT2D eigenvalue weighted by atomic mass is 16.5. The van der Waals surface area contributed by atoms with Crippen molar-refractivity contribution in [2.45, 2.75) is 64.3 Å². The molecule has 0 bridgehead atoms. The topological polar surface area (TPSA) is 24.5 Å². The summed E-state index contributed by atoms with van der Waals surface area (Å²) in [6.07, 6.45) is 3.27. The van der Waals surface area contributed by atoms with Crippen molar-refractivity contribution in [1.82, 2.24) is 10.2 Å². The van der Waals surface area contributed by atoms with Crippen LogP contribution in [0, 0.1) is 11.8 Å². The van der Waals surface area contributed by atoms with Crippen molar-refractivity contribution in [3.63, 3.8) is 0 Å². The highest BCUT2D eigenvalue weighted by Gasteiger charge is 2.52. The Balaban J connectivity index is 1.76. The number of nitrogens with one attached hydrogen (secondary N) is 1. The van der Waals surface area contributed by atoms with Crippen LogP contribution in [0.4, 0.5) is 0 Å². The van der Waals surface area contributed by atoms with Crippen molar-refractivity contribution in [2.24, 2.45) is 11.8 Å². The number of fused-ring (bicyclic) bond motifs is 1. The molecule has 1 N–H and O–H groups in total. The summed E-state index contributed by atoms with van der Waals surface area (Å²) >= 11 is 0. The van der Waals surface area contributed by atoms with Gasteiger partial charge in [0.1, 0.15) is 0 Å². The summed E-state index contributed by atoms with van der Waals surface area (Å²) in [6.45, 7) is 13.1. The molecule has 3 rings (SSSR count). The van der Waals surface area contributed by atoms with Gasteiger partial charge in [-0.1, -0.05) is 0 Å². The van der Waals surface area contributed by atoms with E-state index in [0.29, 0.717) is 17.7 Å². The van der Waals surface area contributed by atoms with Crippen molar-refractivity contribution in [1.29, 1.82) is 0 Å². The highest BCUT2D eigenvalue weighted by molar-refractivity contribution is 5.06. The first-order valence-corrected chi connectivity index (χ1v) is 7.61. The van der Waals surface area contributed by atoms with E-state index >= 15 is 0 Å². The fraction of sp³-hybridized carbons (Fsp3) is 1.00. The molecule has 3 aliphatic rings. The maximum atomic E-state index is 5.90. The lowest BCUT2D eigenvalue weighted by Gasteiger charge is -2.45. The minimum absolute atomic E-state index is 0.357. The molecule has 3 fully saturated rings. The molecule has 3 heterocycles. The number of nitrogens with zero attached hydrogens (tertiary/aromatic N) is 1. The van der Waals surface area contributed by atoms with Crippen LogP contribution in [0.2, 0.25) is 0 Å². The standard InChI is InChI=1S/C15H28N2O/c1-10-5-13(6-11(2)18-10)17-9-12-7-16-8-14(12)15(17,3)4/h10-14,16H,5-9H2,1-4H3. The molecule has 104 valence electrons. The molecule has 3 saturated heterocycles. The third-order valence-corrected chi connectivity index (χ3v) is 5.53. The number of hydrogen-bond donors (Lipinski definition) is 1. The molecule has 0 aliphatic carbocycles. The van der Waals surface area contributed by atoms with Gasteiger partial charge in [-0.15, -0.1) is 0 Å². The van der Waals surface area contributed by atoms with Gasteiger partial charge in [0.15, 0.2) is 0 Å². The molecule has 18 heavy (non-hydrogen) atoms. The fourth-order valence-corrected chi connectivity index (χ4v) is 4.70. The van der Waals surface area contributed by atoms with E-state index in [4.69, 9.17) is 4.74 Å². The molecular weight excluding hydrogens is 224 g/mol. The first-order valence-electron chi connectivity index (χ1n) is 7.61. The van der Waals surface area contributed by atoms with Gasteiger partial charge in [0, 0.05) is 24.7 Å². The summed E-state index contributed by atoms with van der Waals surface area (Å²) in [7, 11) is 0. The Morgan fingerprint density at radius 3 is 2.39 bits per heavy atom. The van der Waals surface area contributed by atoms with Crippen molar-refractivity contribution < 1.29 is 4.74 Å². The monoisotopic (exact) mass is 252 g/mol. The maximum absolute atomic E-state index is 5.90. The van der Waals surface area contributed by atoms with E-state index < -0.39 is 0 Å². The van der Waals surface area contributed by atoms with E-state index in [2.05, 4.69) is 37.9 Å². The van der Waals surface area contributed by atoms with Crippen LogP contribution in [-0.4, -0.2) is 48.3 Å². The van der Waals surface area contributed by atoms with E-state index in [1.807, 2.05) is 0 Å². The zero-order valence-corrected chi connectivity index (χ0v) is 12.3. The maximum Gasteiger partial charge on any atom is 0.0565 e. The van der Waals surface area contributed by atoms with Crippen LogP contribution >= 0.6 is 0 Å². The smallest absolute Gasteiger partial charge is 0.0565 e. The zero-order chi connectivity index (χ0) is 12.9. The van der Waals surface area contributed by atoms with Crippen LogP contribution in [-0.2, 0) is 4.74 Å². The Morgan fingerprint density at radius 2 is 1.78 bits per heavy atom. The lowest BCUT2D eigenvalue weighted by Crippen LogP contribution is -2.53. The SMILES string of the molecule is CC1CC(N2CC3CNCC3C2(C)C)CC(C)O1. The van der Waals surface area contributed by atoms with Crippen molar-refractivity contribution in [3.05, 3.63) is 0 Å². The van der Waals surface area contributed by atoms with Gasteiger partial charge in [0.25, 0.3) is 0 Å². The van der Waals surface area contributed by atoms with Gasteiger partial charge < -0.3 is 10.1 Å². The van der Waals surface area contributed by atoms with Gasteiger partial charge in [-0.2, -0.15) is 0 Å². The Kier molecular flexibility index (Phi) is 3.20. The molecule has 0 amide bonds. The van der Waals surface area contributed by atoms with Crippen LogP contribution in [0.25, 0.3) is 0 Å². The van der Waals surface area contributed by atoms with Gasteiger partial charge in [-0.05, 0) is 58.9 Å². The second-order valence-electron chi connectivity index (χ2n) is 7.21. The predicted molar refractivity (Wildman–Crippen MR) is 73.7 cm³/mol. The van der Waals surface area contributed by atoms with Crippen LogP contribution < -0.4 is 5.32 Å². The van der Waals surface area contributed by atoms with Gasteiger partial charge in [0.2, 0.25) is 0 Å². The molecule has 0 aromatic rings. The second-order valence-corrected chi connectivity index (χ2v) is 7.21. The fourth-order valence-electron chi connectivity index (χ4n) is 4.70. The first kappa shape index (κ1) is 12.9. The lowest BCUT2D eigenvalue weighted by molar-refractivity contribution is -0.0776. The van der Waals surface area contributed by atoms with E-state index in [9.17, 15) is 0 Å². The van der Waals surface area contributed by atoms with Gasteiger partial charge in [0.05, 0.1) is 12.2 Å². The average molecular weight is 252 g/mol. The molecule has 3 nitrogen and oxygen atoms in total. The Morgan fingerprint density at radius 1 is 1.11 bits per heavy atom. The van der Waals surface area contributed by atoms with Gasteiger partial charge >= 0.3 is 0 Å². The minimum Gasteiger partial charge on any atom is -0.375 e. The van der Waals surface area contributed by atoms with Crippen molar-refractivity contribution >= 4 is 0 Å². The summed E-state index contributed by atoms with van der Waals surface area (Å²) in [5.74, 6) is 1.71. The van der Waals surface area contributed by atoms with Gasteiger partial charge in [-0.3, -0.25) is 4.90 Å². The third kappa shape index (κ3) is 2.00. The summed E-state index contributed by atoms with van der Waals surface area (Å²) in [6, 6.07) is 0.726. The summed E-state index contributed by atoms with van der Waals surface area (Å²) in [5, 5.41) is 3.57. The lowest BCUT2D eigenvalue weighted by atomic mass is 9.84. The van der Waals surface area contributed by atoms with Crippen molar-refractivity contribution in [3.8, 4) is 0 Å². The van der Waals surface area contributed by atoms with Crippen LogP contribution in [0.3, 0.4) is 0 Å². The second kappa shape index (κ2) is 4.46. The molecule has 0 saturated carbocycles. The van der Waals surface area contributed by atoms with Crippen LogP contribution in [0.5, 0.6) is 0 Å². The number of hydrogen-bond acceptors (Lipinski definition) is 3.